The van der Waals surface area contributed by atoms with Crippen LogP contribution in [0.5, 0.6) is 0 Å². The molecule has 11 heavy (non-hydrogen) atoms. The fourth-order valence-corrected chi connectivity index (χ4v) is 0.667. The summed E-state index contributed by atoms with van der Waals surface area (Å²) in [6.45, 7) is 5.55. The summed E-state index contributed by atoms with van der Waals surface area (Å²) in [7, 11) is 0. The number of carbonyl (C=O) groups is 1. The van der Waals surface area contributed by atoms with Gasteiger partial charge in [-0.1, -0.05) is 0 Å². The van der Waals surface area contributed by atoms with Gasteiger partial charge in [0, 0.05) is 12.5 Å². The highest BCUT2D eigenvalue weighted by molar-refractivity contribution is 5.69. The van der Waals surface area contributed by atoms with Crippen molar-refractivity contribution < 1.29 is 9.53 Å². The summed E-state index contributed by atoms with van der Waals surface area (Å²) in [5.74, 6) is -0.155. The molecular weight excluding hydrogens is 142 g/mol. The molecule has 2 N–H and O–H groups in total. The van der Waals surface area contributed by atoms with Crippen molar-refractivity contribution in [1.82, 2.24) is 0 Å². The Hall–Kier alpha value is -0.570. The van der Waals surface area contributed by atoms with E-state index in [1.807, 2.05) is 20.8 Å². The first-order valence-electron chi connectivity index (χ1n) is 3.97. The molecule has 0 aromatic carbocycles. The zero-order valence-corrected chi connectivity index (χ0v) is 7.46. The molecule has 0 aliphatic heterocycles. The van der Waals surface area contributed by atoms with E-state index >= 15 is 0 Å². The fraction of sp³-hybridized carbons (Fsp3) is 0.875. The minimum Gasteiger partial charge on any atom is -0.463 e. The Balaban J connectivity index is 3.38. The van der Waals surface area contributed by atoms with Crippen LogP contribution in [0.4, 0.5) is 0 Å². The van der Waals surface area contributed by atoms with Gasteiger partial charge in [-0.05, 0) is 27.2 Å². The predicted molar refractivity (Wildman–Crippen MR) is 44.1 cm³/mol. The van der Waals surface area contributed by atoms with E-state index in [1.54, 1.807) is 0 Å². The van der Waals surface area contributed by atoms with Gasteiger partial charge in [-0.3, -0.25) is 4.79 Å². The molecule has 1 atom stereocenters. The molecule has 0 spiro atoms. The van der Waals surface area contributed by atoms with E-state index in [4.69, 9.17) is 10.5 Å². The molecule has 0 rings (SSSR count). The number of esters is 1. The molecule has 0 aromatic rings. The van der Waals surface area contributed by atoms with Gasteiger partial charge >= 0.3 is 5.97 Å². The van der Waals surface area contributed by atoms with Crippen LogP contribution in [-0.4, -0.2) is 18.1 Å². The molecule has 0 aliphatic rings. The van der Waals surface area contributed by atoms with Crippen LogP contribution in [-0.2, 0) is 9.53 Å². The summed E-state index contributed by atoms with van der Waals surface area (Å²) < 4.78 is 4.91. The van der Waals surface area contributed by atoms with Crippen molar-refractivity contribution in [3.63, 3.8) is 0 Å². The summed E-state index contributed by atoms with van der Waals surface area (Å²) in [6.07, 6.45) is 1.11. The summed E-state index contributed by atoms with van der Waals surface area (Å²) in [5.41, 5.74) is 5.46. The molecule has 0 saturated heterocycles. The molecule has 0 heterocycles. The van der Waals surface area contributed by atoms with Gasteiger partial charge in [-0.25, -0.2) is 0 Å². The van der Waals surface area contributed by atoms with Gasteiger partial charge in [0.2, 0.25) is 0 Å². The van der Waals surface area contributed by atoms with Crippen LogP contribution in [0.15, 0.2) is 0 Å². The van der Waals surface area contributed by atoms with Crippen LogP contribution >= 0.6 is 0 Å². The fourth-order valence-electron chi connectivity index (χ4n) is 0.667. The molecule has 0 amide bonds. The lowest BCUT2D eigenvalue weighted by molar-refractivity contribution is -0.147. The van der Waals surface area contributed by atoms with Crippen molar-refractivity contribution in [3.05, 3.63) is 0 Å². The van der Waals surface area contributed by atoms with E-state index in [1.165, 1.54) is 0 Å². The van der Waals surface area contributed by atoms with E-state index in [0.29, 0.717) is 12.8 Å². The molecule has 66 valence electrons. The molecule has 3 nitrogen and oxygen atoms in total. The summed E-state index contributed by atoms with van der Waals surface area (Å²) in [4.78, 5) is 10.9. The second-order valence-electron chi connectivity index (χ2n) is 3.05. The second-order valence-corrected chi connectivity index (χ2v) is 3.05. The van der Waals surface area contributed by atoms with Crippen molar-refractivity contribution in [3.8, 4) is 0 Å². The van der Waals surface area contributed by atoms with Crippen molar-refractivity contribution >= 4 is 5.97 Å². The standard InChI is InChI=1S/C8H17NO2/c1-6(2)11-8(10)5-4-7(3)9/h6-7H,4-5,9H2,1-3H3/t7-/m0/s1. The molecule has 0 bridgehead atoms. The van der Waals surface area contributed by atoms with Crippen LogP contribution < -0.4 is 5.73 Å². The highest BCUT2D eigenvalue weighted by atomic mass is 16.5. The Labute approximate surface area is 67.9 Å². The molecule has 0 unspecified atom stereocenters. The van der Waals surface area contributed by atoms with Gasteiger partial charge < -0.3 is 10.5 Å². The lowest BCUT2D eigenvalue weighted by Gasteiger charge is -2.08. The number of rotatable bonds is 4. The maximum Gasteiger partial charge on any atom is 0.306 e. The van der Waals surface area contributed by atoms with E-state index in [9.17, 15) is 4.79 Å². The molecular formula is C8H17NO2. The van der Waals surface area contributed by atoms with Gasteiger partial charge in [0.25, 0.3) is 0 Å². The molecule has 0 saturated carbocycles. The van der Waals surface area contributed by atoms with Gasteiger partial charge in [-0.15, -0.1) is 0 Å². The van der Waals surface area contributed by atoms with Crippen LogP contribution in [0.2, 0.25) is 0 Å². The van der Waals surface area contributed by atoms with E-state index in [2.05, 4.69) is 0 Å². The molecule has 0 fully saturated rings. The topological polar surface area (TPSA) is 52.3 Å². The minimum atomic E-state index is -0.155. The second kappa shape index (κ2) is 5.13. The van der Waals surface area contributed by atoms with Crippen molar-refractivity contribution in [1.29, 1.82) is 0 Å². The largest absolute Gasteiger partial charge is 0.463 e. The third-order valence-electron chi connectivity index (χ3n) is 1.17. The molecule has 0 aliphatic carbocycles. The predicted octanol–water partition coefficient (Wildman–Crippen LogP) is 1.07. The molecule has 0 aromatic heterocycles. The van der Waals surface area contributed by atoms with E-state index in [0.717, 1.165) is 0 Å². The van der Waals surface area contributed by atoms with Crippen LogP contribution in [0.25, 0.3) is 0 Å². The first-order chi connectivity index (χ1) is 5.02. The zero-order chi connectivity index (χ0) is 8.85. The van der Waals surface area contributed by atoms with Gasteiger partial charge in [-0.2, -0.15) is 0 Å². The van der Waals surface area contributed by atoms with Crippen LogP contribution in [0.3, 0.4) is 0 Å². The Kier molecular flexibility index (Phi) is 4.86. The van der Waals surface area contributed by atoms with Gasteiger partial charge in [0.05, 0.1) is 6.10 Å². The first kappa shape index (κ1) is 10.4. The average molecular weight is 159 g/mol. The smallest absolute Gasteiger partial charge is 0.306 e. The molecule has 3 heteroatoms. The SMILES string of the molecule is CC(C)OC(=O)CC[C@H](C)N. The highest BCUT2D eigenvalue weighted by Crippen LogP contribution is 1.98. The number of ether oxygens (including phenoxy) is 1. The average Bonchev–Trinajstić information content (AvgIpc) is 1.82. The number of hydrogen-bond donors (Lipinski definition) is 1. The van der Waals surface area contributed by atoms with Gasteiger partial charge in [0.1, 0.15) is 0 Å². The third kappa shape index (κ3) is 7.33. The van der Waals surface area contributed by atoms with E-state index in [-0.39, 0.29) is 18.1 Å². The van der Waals surface area contributed by atoms with Crippen molar-refractivity contribution in [2.45, 2.75) is 45.8 Å². The monoisotopic (exact) mass is 159 g/mol. The zero-order valence-electron chi connectivity index (χ0n) is 7.46. The van der Waals surface area contributed by atoms with Gasteiger partial charge in [0.15, 0.2) is 0 Å². The normalized spacial score (nSPS) is 13.2. The number of nitrogens with two attached hydrogens (primary N) is 1. The summed E-state index contributed by atoms with van der Waals surface area (Å²) >= 11 is 0. The third-order valence-corrected chi connectivity index (χ3v) is 1.17. The molecule has 0 radical (unpaired) electrons. The Morgan fingerprint density at radius 3 is 2.36 bits per heavy atom. The Bertz CT molecular complexity index is 121. The minimum absolute atomic E-state index is 0.0180. The number of carbonyl (C=O) groups excluding carboxylic acids is 1. The Morgan fingerprint density at radius 2 is 2.00 bits per heavy atom. The van der Waals surface area contributed by atoms with Crippen LogP contribution in [0, 0.1) is 0 Å². The van der Waals surface area contributed by atoms with Crippen molar-refractivity contribution in [2.75, 3.05) is 0 Å². The Morgan fingerprint density at radius 1 is 1.45 bits per heavy atom. The lowest BCUT2D eigenvalue weighted by Crippen LogP contribution is -2.18. The quantitative estimate of drug-likeness (QED) is 0.624. The number of hydrogen-bond acceptors (Lipinski definition) is 3. The van der Waals surface area contributed by atoms with E-state index < -0.39 is 0 Å². The lowest BCUT2D eigenvalue weighted by atomic mass is 10.2. The highest BCUT2D eigenvalue weighted by Gasteiger charge is 2.05. The summed E-state index contributed by atoms with van der Waals surface area (Å²) in [6, 6.07) is 0.0784. The summed E-state index contributed by atoms with van der Waals surface area (Å²) in [5, 5.41) is 0. The maximum absolute atomic E-state index is 10.9. The van der Waals surface area contributed by atoms with Crippen LogP contribution in [0.1, 0.15) is 33.6 Å². The van der Waals surface area contributed by atoms with Crippen molar-refractivity contribution in [2.24, 2.45) is 5.73 Å². The maximum atomic E-state index is 10.9. The first-order valence-corrected chi connectivity index (χ1v) is 3.97.